The number of unbranched alkanes of at least 4 members (excludes halogenated alkanes) is 1. The number of carbonyl (C=O) groups is 1. The topological polar surface area (TPSA) is 117 Å². The van der Waals surface area contributed by atoms with Gasteiger partial charge in [-0.05, 0) is 44.2 Å². The van der Waals surface area contributed by atoms with E-state index in [1.807, 2.05) is 35.1 Å². The number of ether oxygens (including phenoxy) is 1. The maximum Gasteiger partial charge on any atom is 0.321 e. The predicted molar refractivity (Wildman–Crippen MR) is 139 cm³/mol. The molecule has 1 aliphatic heterocycles. The first-order valence-electron chi connectivity index (χ1n) is 13.0. The van der Waals surface area contributed by atoms with E-state index in [1.54, 1.807) is 4.90 Å². The standard InChI is InChI=1S/C26H35N7O3/c1-2-3-12-27-25-28-17-22-23(31-33(24(22)30-25)20-8-10-21(34)11-9-20)18-4-6-19(7-5-18)29-26(35)32-13-15-36-16-14-32/h4-7,17,20-21,34H,2-3,8-16H2,1H3,(H,29,35)(H,27,28,30)/t20-,21-. The summed E-state index contributed by atoms with van der Waals surface area (Å²) in [5, 5.41) is 22.2. The zero-order chi connectivity index (χ0) is 24.9. The Balaban J connectivity index is 1.41. The molecule has 3 aromatic rings. The predicted octanol–water partition coefficient (Wildman–Crippen LogP) is 4.05. The molecular formula is C26H35N7O3. The number of aliphatic hydroxyl groups is 1. The second-order valence-electron chi connectivity index (χ2n) is 9.57. The lowest BCUT2D eigenvalue weighted by Crippen LogP contribution is -2.43. The van der Waals surface area contributed by atoms with Crippen LogP contribution in [0.4, 0.5) is 16.4 Å². The Morgan fingerprint density at radius 3 is 2.61 bits per heavy atom. The van der Waals surface area contributed by atoms with E-state index < -0.39 is 0 Å². The minimum atomic E-state index is -0.233. The van der Waals surface area contributed by atoms with Crippen LogP contribution in [0.2, 0.25) is 0 Å². The summed E-state index contributed by atoms with van der Waals surface area (Å²) in [7, 11) is 0. The van der Waals surface area contributed by atoms with Crippen molar-refractivity contribution in [3.05, 3.63) is 30.5 Å². The average molecular weight is 494 g/mol. The number of hydrogen-bond acceptors (Lipinski definition) is 7. The van der Waals surface area contributed by atoms with Gasteiger partial charge in [-0.3, -0.25) is 0 Å². The smallest absolute Gasteiger partial charge is 0.321 e. The number of rotatable bonds is 7. The van der Waals surface area contributed by atoms with Crippen molar-refractivity contribution in [1.29, 1.82) is 0 Å². The molecule has 0 atom stereocenters. The molecule has 2 fully saturated rings. The lowest BCUT2D eigenvalue weighted by Gasteiger charge is -2.26. The molecule has 1 aromatic carbocycles. The third-order valence-corrected chi connectivity index (χ3v) is 6.98. The number of nitrogens with one attached hydrogen (secondary N) is 2. The van der Waals surface area contributed by atoms with Crippen molar-refractivity contribution in [2.45, 2.75) is 57.6 Å². The molecule has 5 rings (SSSR count). The molecule has 2 aliphatic rings. The Hall–Kier alpha value is -3.24. The first kappa shape index (κ1) is 24.5. The number of urea groups is 1. The van der Waals surface area contributed by atoms with Gasteiger partial charge in [0, 0.05) is 37.1 Å². The molecule has 192 valence electrons. The van der Waals surface area contributed by atoms with E-state index in [1.165, 1.54) is 0 Å². The van der Waals surface area contributed by atoms with Gasteiger partial charge >= 0.3 is 6.03 Å². The van der Waals surface area contributed by atoms with Gasteiger partial charge in [-0.2, -0.15) is 10.1 Å². The van der Waals surface area contributed by atoms with Crippen LogP contribution in [0.5, 0.6) is 0 Å². The van der Waals surface area contributed by atoms with Crippen LogP contribution < -0.4 is 10.6 Å². The van der Waals surface area contributed by atoms with Crippen LogP contribution >= 0.6 is 0 Å². The third-order valence-electron chi connectivity index (χ3n) is 6.98. The van der Waals surface area contributed by atoms with Gasteiger partial charge in [0.15, 0.2) is 5.65 Å². The van der Waals surface area contributed by atoms with E-state index in [9.17, 15) is 9.90 Å². The summed E-state index contributed by atoms with van der Waals surface area (Å²) >= 11 is 0. The van der Waals surface area contributed by atoms with Crippen LogP contribution in [0.3, 0.4) is 0 Å². The van der Waals surface area contributed by atoms with Gasteiger partial charge in [-0.15, -0.1) is 0 Å². The molecule has 0 bridgehead atoms. The van der Waals surface area contributed by atoms with Gasteiger partial charge in [0.2, 0.25) is 5.95 Å². The average Bonchev–Trinajstić information content (AvgIpc) is 3.29. The SMILES string of the molecule is CCCCNc1ncc2c(-c3ccc(NC(=O)N4CCOCC4)cc3)nn([C@H]3CC[C@H](O)CC3)c2n1. The van der Waals surface area contributed by atoms with Gasteiger partial charge in [0.1, 0.15) is 5.69 Å². The Morgan fingerprint density at radius 1 is 1.14 bits per heavy atom. The molecule has 10 heteroatoms. The maximum absolute atomic E-state index is 12.5. The van der Waals surface area contributed by atoms with Crippen LogP contribution in [0.1, 0.15) is 51.5 Å². The molecule has 1 saturated carbocycles. The van der Waals surface area contributed by atoms with Gasteiger partial charge in [-0.25, -0.2) is 14.5 Å². The number of aliphatic hydroxyl groups excluding tert-OH is 1. The second-order valence-corrected chi connectivity index (χ2v) is 9.57. The van der Waals surface area contributed by atoms with Crippen molar-refractivity contribution >= 4 is 28.7 Å². The van der Waals surface area contributed by atoms with E-state index in [0.29, 0.717) is 32.3 Å². The molecule has 2 aromatic heterocycles. The van der Waals surface area contributed by atoms with Crippen LogP contribution in [0.15, 0.2) is 30.5 Å². The van der Waals surface area contributed by atoms with Crippen molar-refractivity contribution in [3.63, 3.8) is 0 Å². The van der Waals surface area contributed by atoms with Crippen molar-refractivity contribution in [1.82, 2.24) is 24.6 Å². The van der Waals surface area contributed by atoms with Crippen LogP contribution in [0, 0.1) is 0 Å². The molecule has 0 unspecified atom stereocenters. The fourth-order valence-corrected chi connectivity index (χ4v) is 4.84. The summed E-state index contributed by atoms with van der Waals surface area (Å²) < 4.78 is 7.35. The maximum atomic E-state index is 12.5. The molecule has 1 saturated heterocycles. The van der Waals surface area contributed by atoms with Gasteiger partial charge in [0.25, 0.3) is 0 Å². The van der Waals surface area contributed by atoms with E-state index in [-0.39, 0.29) is 18.2 Å². The number of amides is 2. The van der Waals surface area contributed by atoms with Crippen LogP contribution in [0.25, 0.3) is 22.3 Å². The van der Waals surface area contributed by atoms with E-state index >= 15 is 0 Å². The lowest BCUT2D eigenvalue weighted by molar-refractivity contribution is 0.0564. The zero-order valence-corrected chi connectivity index (χ0v) is 20.8. The first-order chi connectivity index (χ1) is 17.6. The molecule has 36 heavy (non-hydrogen) atoms. The van der Waals surface area contributed by atoms with Crippen LogP contribution in [-0.4, -0.2) is 74.7 Å². The molecule has 0 radical (unpaired) electrons. The summed E-state index contributed by atoms with van der Waals surface area (Å²) in [5.41, 5.74) is 3.31. The first-order valence-corrected chi connectivity index (χ1v) is 13.0. The van der Waals surface area contributed by atoms with Gasteiger partial charge in [0.05, 0.1) is 30.7 Å². The van der Waals surface area contributed by atoms with Gasteiger partial charge in [-0.1, -0.05) is 25.5 Å². The highest BCUT2D eigenvalue weighted by molar-refractivity contribution is 5.93. The highest BCUT2D eigenvalue weighted by Gasteiger charge is 2.26. The fraction of sp³-hybridized carbons (Fsp3) is 0.538. The number of aromatic nitrogens is 4. The quantitative estimate of drug-likeness (QED) is 0.425. The highest BCUT2D eigenvalue weighted by Crippen LogP contribution is 2.34. The number of benzene rings is 1. The Bertz CT molecular complexity index is 1170. The molecule has 3 heterocycles. The molecule has 0 spiro atoms. The Morgan fingerprint density at radius 2 is 1.89 bits per heavy atom. The van der Waals surface area contributed by atoms with Crippen LogP contribution in [-0.2, 0) is 4.74 Å². The number of morpholine rings is 1. The van der Waals surface area contributed by atoms with Crippen molar-refractivity contribution in [2.75, 3.05) is 43.5 Å². The number of hydrogen-bond donors (Lipinski definition) is 3. The zero-order valence-electron chi connectivity index (χ0n) is 20.8. The Labute approximate surface area is 211 Å². The third kappa shape index (κ3) is 5.44. The monoisotopic (exact) mass is 493 g/mol. The van der Waals surface area contributed by atoms with E-state index in [0.717, 1.165) is 73.0 Å². The number of fused-ring (bicyclic) bond motifs is 1. The summed E-state index contributed by atoms with van der Waals surface area (Å²) in [6, 6.07) is 7.82. The minimum Gasteiger partial charge on any atom is -0.393 e. The summed E-state index contributed by atoms with van der Waals surface area (Å²) in [6.45, 7) is 5.32. The highest BCUT2D eigenvalue weighted by atomic mass is 16.5. The molecule has 10 nitrogen and oxygen atoms in total. The number of nitrogens with zero attached hydrogens (tertiary/aromatic N) is 5. The second kappa shape index (κ2) is 11.2. The molecule has 2 amide bonds. The van der Waals surface area contributed by atoms with Crippen molar-refractivity contribution < 1.29 is 14.6 Å². The Kier molecular flexibility index (Phi) is 7.62. The number of carbonyl (C=O) groups excluding carboxylic acids is 1. The van der Waals surface area contributed by atoms with Crippen molar-refractivity contribution in [2.24, 2.45) is 0 Å². The summed E-state index contributed by atoms with van der Waals surface area (Å²) in [5.74, 6) is 0.612. The number of anilines is 2. The molecular weight excluding hydrogens is 458 g/mol. The van der Waals surface area contributed by atoms with Gasteiger partial charge < -0.3 is 25.4 Å². The lowest BCUT2D eigenvalue weighted by atomic mass is 9.93. The van der Waals surface area contributed by atoms with E-state index in [4.69, 9.17) is 14.8 Å². The molecule has 1 aliphatic carbocycles. The summed E-state index contributed by atoms with van der Waals surface area (Å²) in [4.78, 5) is 23.7. The minimum absolute atomic E-state index is 0.114. The normalized spacial score (nSPS) is 20.4. The fourth-order valence-electron chi connectivity index (χ4n) is 4.84. The largest absolute Gasteiger partial charge is 0.393 e. The molecule has 3 N–H and O–H groups in total. The summed E-state index contributed by atoms with van der Waals surface area (Å²) in [6.07, 6.45) is 7.05. The van der Waals surface area contributed by atoms with Crippen molar-refractivity contribution in [3.8, 4) is 11.3 Å². The van der Waals surface area contributed by atoms with E-state index in [2.05, 4.69) is 22.5 Å².